The number of carbonyl (C=O) groups excluding carboxylic acids is 3. The van der Waals surface area contributed by atoms with Crippen LogP contribution in [-0.2, 0) is 41.6 Å². The van der Waals surface area contributed by atoms with Gasteiger partial charge in [0.15, 0.2) is 10.8 Å². The number of nitro benzene ring substituents is 1. The number of thioether (sulfide) groups is 2. The minimum atomic E-state index is -1.39. The van der Waals surface area contributed by atoms with E-state index in [0.29, 0.717) is 30.3 Å². The third-order valence-corrected chi connectivity index (χ3v) is 8.19. The van der Waals surface area contributed by atoms with E-state index in [0.717, 1.165) is 16.7 Å². The summed E-state index contributed by atoms with van der Waals surface area (Å²) in [5.74, 6) is -0.517. The van der Waals surface area contributed by atoms with Crippen LogP contribution in [0.5, 0.6) is 0 Å². The Balaban J connectivity index is 2.34. The predicted octanol–water partition coefficient (Wildman–Crippen LogP) is 3.18. The second kappa shape index (κ2) is 13.7. The fourth-order valence-electron chi connectivity index (χ4n) is 2.88. The molecule has 1 aromatic rings. The van der Waals surface area contributed by atoms with Gasteiger partial charge in [-0.1, -0.05) is 0 Å². The smallest absolute Gasteiger partial charge is 0.357 e. The van der Waals surface area contributed by atoms with Crippen LogP contribution in [0.3, 0.4) is 0 Å². The second-order valence-electron chi connectivity index (χ2n) is 6.87. The number of hydrogen-bond donors (Lipinski definition) is 0. The van der Waals surface area contributed by atoms with Gasteiger partial charge < -0.3 is 14.0 Å². The van der Waals surface area contributed by atoms with Crippen molar-refractivity contribution in [2.24, 2.45) is 0 Å². The van der Waals surface area contributed by atoms with Crippen LogP contribution in [0.15, 0.2) is 34.2 Å². The number of hydrogen-bond acceptors (Lipinski definition) is 10. The largest absolute Gasteiger partial charge is 0.615 e. The maximum Gasteiger partial charge on any atom is 0.357 e. The predicted molar refractivity (Wildman–Crippen MR) is 131 cm³/mol. The van der Waals surface area contributed by atoms with E-state index in [1.165, 1.54) is 43.0 Å². The Bertz CT molecular complexity index is 938. The third-order valence-electron chi connectivity index (χ3n) is 4.54. The van der Waals surface area contributed by atoms with Crippen LogP contribution in [0.2, 0.25) is 0 Å². The summed E-state index contributed by atoms with van der Waals surface area (Å²) in [6.07, 6.45) is 0.0290. The number of carbonyl (C=O) groups is 3. The van der Waals surface area contributed by atoms with Gasteiger partial charge in [-0.15, -0.1) is 11.8 Å². The molecule has 13 heteroatoms. The standard InChI is InChI=1S/C21H26N2O8S3/c1-4-30-10-11-32-21(33-14(3)24)19(22-17(25)12-18(22)34(29)5-2)20(26)31-13-15-6-8-16(9-7-15)23(27)28/h6-9,18H,4-5,10-13H2,1-3H3. The van der Waals surface area contributed by atoms with Crippen LogP contribution < -0.4 is 0 Å². The molecule has 0 radical (unpaired) electrons. The van der Waals surface area contributed by atoms with Crippen molar-refractivity contribution in [2.45, 2.75) is 39.2 Å². The quantitative estimate of drug-likeness (QED) is 0.0710. The molecular formula is C21H26N2O8S3. The van der Waals surface area contributed by atoms with Gasteiger partial charge in [-0.05, 0) is 54.5 Å². The van der Waals surface area contributed by atoms with Crippen molar-refractivity contribution >= 4 is 57.4 Å². The lowest BCUT2D eigenvalue weighted by Gasteiger charge is -2.40. The Labute approximate surface area is 209 Å². The second-order valence-corrected chi connectivity index (χ2v) is 11.3. The fraction of sp³-hybridized carbons (Fsp3) is 0.476. The molecule has 0 bridgehead atoms. The van der Waals surface area contributed by atoms with E-state index in [1.807, 2.05) is 6.92 Å². The minimum absolute atomic E-state index is 0.0290. The zero-order valence-electron chi connectivity index (χ0n) is 19.0. The van der Waals surface area contributed by atoms with Gasteiger partial charge in [-0.25, -0.2) is 4.79 Å². The molecule has 1 aromatic carbocycles. The fourth-order valence-corrected chi connectivity index (χ4v) is 6.14. The number of amides is 1. The van der Waals surface area contributed by atoms with Gasteiger partial charge in [-0.3, -0.25) is 24.6 Å². The summed E-state index contributed by atoms with van der Waals surface area (Å²) < 4.78 is 23.5. The molecule has 0 aliphatic carbocycles. The molecule has 2 rings (SSSR count). The van der Waals surface area contributed by atoms with E-state index in [9.17, 15) is 29.1 Å². The van der Waals surface area contributed by atoms with Crippen LogP contribution in [0.25, 0.3) is 0 Å². The Morgan fingerprint density at radius 2 is 1.94 bits per heavy atom. The molecule has 1 aliphatic heterocycles. The number of non-ortho nitro benzene ring substituents is 1. The van der Waals surface area contributed by atoms with Crippen molar-refractivity contribution in [2.75, 3.05) is 24.7 Å². The van der Waals surface area contributed by atoms with Crippen LogP contribution >= 0.6 is 23.5 Å². The minimum Gasteiger partial charge on any atom is -0.615 e. The summed E-state index contributed by atoms with van der Waals surface area (Å²) in [4.78, 5) is 49.1. The van der Waals surface area contributed by atoms with E-state index >= 15 is 0 Å². The Hall–Kier alpha value is -2.06. The Kier molecular flexibility index (Phi) is 11.4. The first-order valence-corrected chi connectivity index (χ1v) is 13.6. The number of likely N-dealkylation sites (tertiary alicyclic amines) is 1. The zero-order valence-corrected chi connectivity index (χ0v) is 21.5. The van der Waals surface area contributed by atoms with Crippen LogP contribution in [0.1, 0.15) is 32.8 Å². The van der Waals surface area contributed by atoms with Crippen LogP contribution in [0.4, 0.5) is 5.69 Å². The van der Waals surface area contributed by atoms with E-state index in [2.05, 4.69) is 0 Å². The maximum absolute atomic E-state index is 13.2. The maximum atomic E-state index is 13.2. The summed E-state index contributed by atoms with van der Waals surface area (Å²) in [6, 6.07) is 5.50. The lowest BCUT2D eigenvalue weighted by Crippen LogP contribution is -2.57. The molecule has 0 aromatic heterocycles. The van der Waals surface area contributed by atoms with Crippen LogP contribution in [-0.4, -0.2) is 61.5 Å². The van der Waals surface area contributed by atoms with Crippen LogP contribution in [0, 0.1) is 10.1 Å². The van der Waals surface area contributed by atoms with E-state index in [-0.39, 0.29) is 39.7 Å². The molecule has 0 spiro atoms. The van der Waals surface area contributed by atoms with Crippen molar-refractivity contribution < 1.29 is 33.3 Å². The van der Waals surface area contributed by atoms with Crippen molar-refractivity contribution in [3.05, 3.63) is 49.9 Å². The third kappa shape index (κ3) is 7.73. The highest BCUT2D eigenvalue weighted by Crippen LogP contribution is 2.39. The molecule has 186 valence electrons. The normalized spacial score (nSPS) is 17.0. The van der Waals surface area contributed by atoms with Gasteiger partial charge in [-0.2, -0.15) is 0 Å². The molecule has 10 nitrogen and oxygen atoms in total. The van der Waals surface area contributed by atoms with Gasteiger partial charge in [0.2, 0.25) is 11.3 Å². The zero-order chi connectivity index (χ0) is 25.3. The molecule has 2 atom stereocenters. The highest BCUT2D eigenvalue weighted by Gasteiger charge is 2.49. The highest BCUT2D eigenvalue weighted by atomic mass is 32.2. The molecule has 2 unspecified atom stereocenters. The number of nitrogens with zero attached hydrogens (tertiary/aromatic N) is 2. The molecular weight excluding hydrogens is 504 g/mol. The van der Waals surface area contributed by atoms with E-state index in [1.54, 1.807) is 6.92 Å². The van der Waals surface area contributed by atoms with Gasteiger partial charge >= 0.3 is 5.97 Å². The average molecular weight is 531 g/mol. The molecule has 1 fully saturated rings. The Morgan fingerprint density at radius 3 is 2.47 bits per heavy atom. The van der Waals surface area contributed by atoms with E-state index < -0.39 is 27.4 Å². The number of ether oxygens (including phenoxy) is 2. The first-order chi connectivity index (χ1) is 16.2. The molecule has 34 heavy (non-hydrogen) atoms. The summed E-state index contributed by atoms with van der Waals surface area (Å²) in [7, 11) is 0. The van der Waals surface area contributed by atoms with Gasteiger partial charge in [0.25, 0.3) is 5.69 Å². The first kappa shape index (κ1) is 28.2. The first-order valence-electron chi connectivity index (χ1n) is 10.4. The van der Waals surface area contributed by atoms with Gasteiger partial charge in [0.05, 0.1) is 22.2 Å². The monoisotopic (exact) mass is 530 g/mol. The molecule has 0 saturated carbocycles. The molecule has 1 heterocycles. The Morgan fingerprint density at radius 1 is 1.26 bits per heavy atom. The van der Waals surface area contributed by atoms with Crippen molar-refractivity contribution in [1.82, 2.24) is 4.90 Å². The summed E-state index contributed by atoms with van der Waals surface area (Å²) in [5, 5.41) is 9.85. The summed E-state index contributed by atoms with van der Waals surface area (Å²) in [5.41, 5.74) is 0.288. The number of benzene rings is 1. The average Bonchev–Trinajstić information content (AvgIpc) is 2.80. The SMILES string of the molecule is CCOCCSC(SC(C)=O)=C(C(=O)OCc1ccc([N+](=O)[O-])cc1)N1C(=O)CC1[S+]([O-])CC. The highest BCUT2D eigenvalue weighted by molar-refractivity contribution is 8.29. The lowest BCUT2D eigenvalue weighted by atomic mass is 10.2. The molecule has 0 N–H and O–H groups in total. The number of nitro groups is 1. The summed E-state index contributed by atoms with van der Waals surface area (Å²) in [6.45, 7) is 5.57. The molecule has 1 aliphatic rings. The number of esters is 1. The molecule has 1 amide bonds. The topological polar surface area (TPSA) is 139 Å². The number of rotatable bonds is 13. The number of β-lactam (4-membered cyclic amide) rings is 1. The van der Waals surface area contributed by atoms with Crippen molar-refractivity contribution in [3.8, 4) is 0 Å². The lowest BCUT2D eigenvalue weighted by molar-refractivity contribution is -0.384. The van der Waals surface area contributed by atoms with Crippen molar-refractivity contribution in [3.63, 3.8) is 0 Å². The van der Waals surface area contributed by atoms with E-state index in [4.69, 9.17) is 9.47 Å². The van der Waals surface area contributed by atoms with Gasteiger partial charge in [0, 0.05) is 31.4 Å². The summed E-state index contributed by atoms with van der Waals surface area (Å²) >= 11 is 0.597. The van der Waals surface area contributed by atoms with Gasteiger partial charge in [0.1, 0.15) is 12.4 Å². The molecule has 1 saturated heterocycles. The van der Waals surface area contributed by atoms with Crippen molar-refractivity contribution in [1.29, 1.82) is 0 Å².